The van der Waals surface area contributed by atoms with Crippen molar-refractivity contribution in [3.05, 3.63) is 60.8 Å². The normalized spacial score (nSPS) is 21.3. The van der Waals surface area contributed by atoms with Crippen LogP contribution in [0.25, 0.3) is 0 Å². The summed E-state index contributed by atoms with van der Waals surface area (Å²) in [5.74, 6) is 1.58. The van der Waals surface area contributed by atoms with Crippen molar-refractivity contribution in [3.8, 4) is 0 Å². The highest BCUT2D eigenvalue weighted by molar-refractivity contribution is 5.23. The van der Waals surface area contributed by atoms with Crippen LogP contribution in [0.4, 0.5) is 0 Å². The topological polar surface area (TPSA) is 3.24 Å². The Bertz CT molecular complexity index is 494. The van der Waals surface area contributed by atoms with E-state index in [9.17, 15) is 0 Å². The second kappa shape index (κ2) is 15.7. The summed E-state index contributed by atoms with van der Waals surface area (Å²) in [6.45, 7) is 14.2. The molecule has 1 aliphatic heterocycles. The zero-order valence-electron chi connectivity index (χ0n) is 18.2. The van der Waals surface area contributed by atoms with Crippen LogP contribution in [0.1, 0.15) is 72.1 Å². The van der Waals surface area contributed by atoms with Crippen molar-refractivity contribution in [3.63, 3.8) is 0 Å². The Labute approximate surface area is 169 Å². The number of likely N-dealkylation sites (tertiary alicyclic amines) is 1. The molecule has 1 fully saturated rings. The van der Waals surface area contributed by atoms with E-state index >= 15 is 0 Å². The third-order valence-corrected chi connectivity index (χ3v) is 5.69. The van der Waals surface area contributed by atoms with Crippen LogP contribution in [-0.4, -0.2) is 24.5 Å². The van der Waals surface area contributed by atoms with E-state index in [1.54, 1.807) is 0 Å². The highest BCUT2D eigenvalue weighted by atomic mass is 15.1. The highest BCUT2D eigenvalue weighted by Gasteiger charge is 2.17. The minimum absolute atomic E-state index is 0.747. The van der Waals surface area contributed by atoms with E-state index in [-0.39, 0.29) is 0 Å². The molecule has 0 aromatic heterocycles. The fraction of sp³-hybridized carbons (Fsp3) is 0.615. The zero-order valence-corrected chi connectivity index (χ0v) is 18.2. The Morgan fingerprint density at radius 2 is 1.96 bits per heavy atom. The first-order valence-electron chi connectivity index (χ1n) is 11.2. The van der Waals surface area contributed by atoms with E-state index in [1.165, 1.54) is 76.6 Å². The van der Waals surface area contributed by atoms with Crippen LogP contribution >= 0.6 is 0 Å². The van der Waals surface area contributed by atoms with Gasteiger partial charge in [-0.15, -0.1) is 0 Å². The van der Waals surface area contributed by atoms with E-state index in [4.69, 9.17) is 0 Å². The lowest BCUT2D eigenvalue weighted by Crippen LogP contribution is -2.26. The van der Waals surface area contributed by atoms with Crippen molar-refractivity contribution < 1.29 is 0 Å². The molecule has 1 heteroatoms. The number of hydrogen-bond acceptors (Lipinski definition) is 1. The molecule has 1 nitrogen and oxygen atoms in total. The van der Waals surface area contributed by atoms with Crippen LogP contribution in [0.5, 0.6) is 0 Å². The minimum Gasteiger partial charge on any atom is -0.303 e. The molecule has 0 radical (unpaired) electrons. The quantitative estimate of drug-likeness (QED) is 0.254. The molecule has 2 unspecified atom stereocenters. The van der Waals surface area contributed by atoms with Gasteiger partial charge in [-0.3, -0.25) is 0 Å². The maximum Gasteiger partial charge on any atom is -0.00160 e. The lowest BCUT2D eigenvalue weighted by atomic mass is 9.92. The standard InChI is InChI=1S/C26H43N/c1-5-9-10-16-24(8-4)17-11-12-20-27-21-13-18-26(19-22-27)23-25(14-6-2)15-7-3/h5-7,9-10,14-16,24,26H,2,8,11-13,17-23H2,1,3-4H3/b9-5-,15-7-,16-10-,25-14+. The summed E-state index contributed by atoms with van der Waals surface area (Å²) >= 11 is 0. The van der Waals surface area contributed by atoms with Crippen molar-refractivity contribution in [2.75, 3.05) is 19.6 Å². The maximum atomic E-state index is 3.86. The third-order valence-electron chi connectivity index (χ3n) is 5.69. The van der Waals surface area contributed by atoms with E-state index < -0.39 is 0 Å². The van der Waals surface area contributed by atoms with Crippen molar-refractivity contribution in [1.29, 1.82) is 0 Å². The van der Waals surface area contributed by atoms with Gasteiger partial charge < -0.3 is 4.90 Å². The molecule has 0 N–H and O–H groups in total. The molecule has 152 valence electrons. The van der Waals surface area contributed by atoms with E-state index in [0.29, 0.717) is 0 Å². The summed E-state index contributed by atoms with van der Waals surface area (Å²) in [6.07, 6.45) is 27.9. The van der Waals surface area contributed by atoms with Crippen LogP contribution in [-0.2, 0) is 0 Å². The first kappa shape index (κ1) is 23.7. The van der Waals surface area contributed by atoms with Crippen molar-refractivity contribution in [2.24, 2.45) is 11.8 Å². The van der Waals surface area contributed by atoms with Crippen molar-refractivity contribution in [2.45, 2.75) is 72.1 Å². The van der Waals surface area contributed by atoms with Crippen LogP contribution in [0.15, 0.2) is 60.8 Å². The number of hydrogen-bond donors (Lipinski definition) is 0. The third kappa shape index (κ3) is 11.2. The summed E-state index contributed by atoms with van der Waals surface area (Å²) in [6, 6.07) is 0. The van der Waals surface area contributed by atoms with Gasteiger partial charge in [-0.25, -0.2) is 0 Å². The largest absolute Gasteiger partial charge is 0.303 e. The molecular weight excluding hydrogens is 326 g/mol. The molecule has 1 heterocycles. The Kier molecular flexibility index (Phi) is 13.8. The van der Waals surface area contributed by atoms with Gasteiger partial charge in [0, 0.05) is 0 Å². The summed E-state index contributed by atoms with van der Waals surface area (Å²) in [5, 5.41) is 0. The lowest BCUT2D eigenvalue weighted by molar-refractivity contribution is 0.272. The molecule has 0 aromatic carbocycles. The average Bonchev–Trinajstić information content (AvgIpc) is 2.89. The van der Waals surface area contributed by atoms with E-state index in [2.05, 4.69) is 74.8 Å². The number of unbranched alkanes of at least 4 members (excludes halogenated alkanes) is 1. The Balaban J connectivity index is 2.30. The number of rotatable bonds is 12. The summed E-state index contributed by atoms with van der Waals surface area (Å²) in [4.78, 5) is 2.71. The molecule has 1 aliphatic rings. The first-order chi connectivity index (χ1) is 13.2. The first-order valence-corrected chi connectivity index (χ1v) is 11.2. The van der Waals surface area contributed by atoms with Gasteiger partial charge in [-0.05, 0) is 95.8 Å². The van der Waals surface area contributed by atoms with Gasteiger partial charge in [0.15, 0.2) is 0 Å². The van der Waals surface area contributed by atoms with Crippen LogP contribution < -0.4 is 0 Å². The maximum absolute atomic E-state index is 3.86. The predicted molar refractivity (Wildman–Crippen MR) is 123 cm³/mol. The molecule has 27 heavy (non-hydrogen) atoms. The predicted octanol–water partition coefficient (Wildman–Crippen LogP) is 7.50. The molecular formula is C26H43N. The van der Waals surface area contributed by atoms with Crippen molar-refractivity contribution in [1.82, 2.24) is 4.90 Å². The van der Waals surface area contributed by atoms with Gasteiger partial charge in [0.25, 0.3) is 0 Å². The monoisotopic (exact) mass is 369 g/mol. The lowest BCUT2D eigenvalue weighted by Gasteiger charge is -2.20. The fourth-order valence-electron chi connectivity index (χ4n) is 4.05. The van der Waals surface area contributed by atoms with E-state index in [1.807, 2.05) is 6.08 Å². The van der Waals surface area contributed by atoms with E-state index in [0.717, 1.165) is 11.8 Å². The number of nitrogens with zero attached hydrogens (tertiary/aromatic N) is 1. The molecule has 0 spiro atoms. The second-order valence-corrected chi connectivity index (χ2v) is 7.89. The molecule has 0 saturated carbocycles. The van der Waals surface area contributed by atoms with Gasteiger partial charge >= 0.3 is 0 Å². The fourth-order valence-corrected chi connectivity index (χ4v) is 4.05. The molecule has 0 amide bonds. The number of allylic oxidation sites excluding steroid dienone is 9. The molecule has 1 saturated heterocycles. The molecule has 1 rings (SSSR count). The van der Waals surface area contributed by atoms with Gasteiger partial charge in [0.05, 0.1) is 0 Å². The van der Waals surface area contributed by atoms with Gasteiger partial charge in [-0.1, -0.05) is 68.5 Å². The summed E-state index contributed by atoms with van der Waals surface area (Å²) in [5.41, 5.74) is 1.43. The molecule has 2 atom stereocenters. The van der Waals surface area contributed by atoms with Crippen LogP contribution in [0.2, 0.25) is 0 Å². The average molecular weight is 370 g/mol. The van der Waals surface area contributed by atoms with Crippen LogP contribution in [0.3, 0.4) is 0 Å². The minimum atomic E-state index is 0.747. The summed E-state index contributed by atoms with van der Waals surface area (Å²) < 4.78 is 0. The smallest absolute Gasteiger partial charge is 0.00160 e. The van der Waals surface area contributed by atoms with Gasteiger partial charge in [0.1, 0.15) is 0 Å². The van der Waals surface area contributed by atoms with Gasteiger partial charge in [-0.2, -0.15) is 0 Å². The summed E-state index contributed by atoms with van der Waals surface area (Å²) in [7, 11) is 0. The molecule has 0 aromatic rings. The molecule has 0 aliphatic carbocycles. The zero-order chi connectivity index (χ0) is 19.7. The molecule has 0 bridgehead atoms. The SMILES string of the molecule is C=C/C=C(\C=C/C)CC1CCCN(CCCCC(/C=C\C=C/C)CC)CC1. The highest BCUT2D eigenvalue weighted by Crippen LogP contribution is 2.25. The Morgan fingerprint density at radius 1 is 1.11 bits per heavy atom. The van der Waals surface area contributed by atoms with Crippen LogP contribution in [0, 0.1) is 11.8 Å². The Hall–Kier alpha value is -1.34. The second-order valence-electron chi connectivity index (χ2n) is 7.89. The van der Waals surface area contributed by atoms with Gasteiger partial charge in [0.2, 0.25) is 0 Å². The van der Waals surface area contributed by atoms with Crippen molar-refractivity contribution >= 4 is 0 Å². The Morgan fingerprint density at radius 3 is 2.67 bits per heavy atom.